The predicted octanol–water partition coefficient (Wildman–Crippen LogP) is 5.53. The zero-order valence-electron chi connectivity index (χ0n) is 15.1. The Labute approximate surface area is 149 Å². The van der Waals surface area contributed by atoms with E-state index in [-0.39, 0.29) is 0 Å². The lowest BCUT2D eigenvalue weighted by Crippen LogP contribution is -1.99. The fraction of sp³-hybridized carbons (Fsp3) is 0.429. The van der Waals surface area contributed by atoms with Gasteiger partial charge in [0.15, 0.2) is 0 Å². The number of pyridine rings is 2. The summed E-state index contributed by atoms with van der Waals surface area (Å²) in [5, 5.41) is 2.18. The smallest absolute Gasteiger partial charge is 0.213 e. The van der Waals surface area contributed by atoms with Gasteiger partial charge in [-0.3, -0.25) is 0 Å². The summed E-state index contributed by atoms with van der Waals surface area (Å²) in [5.41, 5.74) is 1.86. The first-order chi connectivity index (χ1) is 12.3. The molecule has 4 heteroatoms. The quantitative estimate of drug-likeness (QED) is 0.380. The fourth-order valence-electron chi connectivity index (χ4n) is 2.79. The van der Waals surface area contributed by atoms with Crippen LogP contribution < -0.4 is 9.47 Å². The van der Waals surface area contributed by atoms with Gasteiger partial charge in [0.1, 0.15) is 0 Å². The Morgan fingerprint density at radius 1 is 0.640 bits per heavy atom. The number of aromatic nitrogens is 2. The van der Waals surface area contributed by atoms with Crippen molar-refractivity contribution >= 4 is 21.8 Å². The van der Waals surface area contributed by atoms with Gasteiger partial charge in [-0.15, -0.1) is 0 Å². The van der Waals surface area contributed by atoms with Crippen molar-refractivity contribution in [2.45, 2.75) is 46.0 Å². The molecule has 2 aromatic heterocycles. The second-order valence-electron chi connectivity index (χ2n) is 6.26. The molecule has 4 nitrogen and oxygen atoms in total. The van der Waals surface area contributed by atoms with Crippen molar-refractivity contribution in [3.8, 4) is 11.8 Å². The van der Waals surface area contributed by atoms with Crippen molar-refractivity contribution in [3.63, 3.8) is 0 Å². The molecule has 0 aliphatic heterocycles. The zero-order chi connectivity index (χ0) is 17.5. The summed E-state index contributed by atoms with van der Waals surface area (Å²) >= 11 is 0. The van der Waals surface area contributed by atoms with Crippen molar-refractivity contribution in [2.24, 2.45) is 0 Å². The topological polar surface area (TPSA) is 44.2 Å². The molecular formula is C21H26N2O2. The zero-order valence-corrected chi connectivity index (χ0v) is 15.1. The SMILES string of the molecule is CCCCCOc1ccc2c(ccc3nc(OCCCC)ccc32)n1. The average Bonchev–Trinajstić information content (AvgIpc) is 2.65. The van der Waals surface area contributed by atoms with E-state index in [1.807, 2.05) is 24.3 Å². The third kappa shape index (κ3) is 4.38. The van der Waals surface area contributed by atoms with E-state index in [0.717, 1.165) is 47.7 Å². The molecule has 0 aliphatic rings. The van der Waals surface area contributed by atoms with Crippen molar-refractivity contribution < 1.29 is 9.47 Å². The molecule has 3 rings (SSSR count). The van der Waals surface area contributed by atoms with Gasteiger partial charge in [0.25, 0.3) is 0 Å². The Kier molecular flexibility index (Phi) is 6.04. The van der Waals surface area contributed by atoms with Gasteiger partial charge in [0.05, 0.1) is 24.2 Å². The van der Waals surface area contributed by atoms with Crippen LogP contribution in [-0.2, 0) is 0 Å². The van der Waals surface area contributed by atoms with Crippen LogP contribution in [0.2, 0.25) is 0 Å². The van der Waals surface area contributed by atoms with Gasteiger partial charge < -0.3 is 9.47 Å². The van der Waals surface area contributed by atoms with Crippen molar-refractivity contribution in [1.29, 1.82) is 0 Å². The van der Waals surface area contributed by atoms with Crippen LogP contribution in [0.15, 0.2) is 36.4 Å². The van der Waals surface area contributed by atoms with Crippen LogP contribution in [0.4, 0.5) is 0 Å². The monoisotopic (exact) mass is 338 g/mol. The normalized spacial score (nSPS) is 11.1. The van der Waals surface area contributed by atoms with Gasteiger partial charge in [-0.2, -0.15) is 0 Å². The standard InChI is InChI=1S/C21H26N2O2/c1-3-5-7-15-25-21-13-9-17-16-8-12-20(24-14-6-4-2)22-18(16)10-11-19(17)23-21/h8-13H,3-7,14-15H2,1-2H3. The van der Waals surface area contributed by atoms with E-state index < -0.39 is 0 Å². The Balaban J connectivity index is 1.80. The molecule has 0 atom stereocenters. The van der Waals surface area contributed by atoms with Crippen LogP contribution in [0, 0.1) is 0 Å². The van der Waals surface area contributed by atoms with Gasteiger partial charge in [-0.05, 0) is 37.1 Å². The Morgan fingerprint density at radius 2 is 1.16 bits per heavy atom. The lowest BCUT2D eigenvalue weighted by atomic mass is 10.1. The second kappa shape index (κ2) is 8.65. The molecule has 0 amide bonds. The molecule has 2 heterocycles. The summed E-state index contributed by atoms with van der Waals surface area (Å²) in [5.74, 6) is 1.37. The molecule has 3 aromatic rings. The van der Waals surface area contributed by atoms with Crippen molar-refractivity contribution in [1.82, 2.24) is 9.97 Å². The highest BCUT2D eigenvalue weighted by atomic mass is 16.5. The molecule has 0 aliphatic carbocycles. The maximum atomic E-state index is 5.76. The molecule has 132 valence electrons. The number of hydrogen-bond donors (Lipinski definition) is 0. The highest BCUT2D eigenvalue weighted by Gasteiger charge is 2.06. The van der Waals surface area contributed by atoms with E-state index in [1.54, 1.807) is 0 Å². The average molecular weight is 338 g/mol. The summed E-state index contributed by atoms with van der Waals surface area (Å²) in [6, 6.07) is 12.0. The number of nitrogens with zero attached hydrogens (tertiary/aromatic N) is 2. The molecule has 25 heavy (non-hydrogen) atoms. The van der Waals surface area contributed by atoms with E-state index in [9.17, 15) is 0 Å². The van der Waals surface area contributed by atoms with Gasteiger partial charge in [0, 0.05) is 22.9 Å². The molecule has 0 saturated carbocycles. The Bertz CT molecular complexity index is 833. The number of benzene rings is 1. The van der Waals surface area contributed by atoms with E-state index in [0.29, 0.717) is 18.4 Å². The first kappa shape index (κ1) is 17.5. The number of rotatable bonds is 9. The van der Waals surface area contributed by atoms with E-state index in [4.69, 9.17) is 9.47 Å². The van der Waals surface area contributed by atoms with E-state index in [1.165, 1.54) is 12.8 Å². The summed E-state index contributed by atoms with van der Waals surface area (Å²) in [7, 11) is 0. The highest BCUT2D eigenvalue weighted by Crippen LogP contribution is 2.26. The molecule has 0 spiro atoms. The largest absolute Gasteiger partial charge is 0.478 e. The molecule has 0 radical (unpaired) electrons. The summed E-state index contributed by atoms with van der Waals surface area (Å²) in [4.78, 5) is 9.23. The van der Waals surface area contributed by atoms with Crippen LogP contribution in [0.1, 0.15) is 46.0 Å². The van der Waals surface area contributed by atoms with Gasteiger partial charge in [-0.1, -0.05) is 33.1 Å². The number of ether oxygens (including phenoxy) is 2. The molecule has 0 fully saturated rings. The minimum Gasteiger partial charge on any atom is -0.478 e. The first-order valence-corrected chi connectivity index (χ1v) is 9.28. The minimum atomic E-state index is 0.684. The Hall–Kier alpha value is -2.36. The molecular weight excluding hydrogens is 312 g/mol. The molecule has 0 bridgehead atoms. The lowest BCUT2D eigenvalue weighted by Gasteiger charge is -2.09. The van der Waals surface area contributed by atoms with Crippen LogP contribution in [0.5, 0.6) is 11.8 Å². The van der Waals surface area contributed by atoms with Gasteiger partial charge in [0.2, 0.25) is 11.8 Å². The summed E-state index contributed by atoms with van der Waals surface area (Å²) < 4.78 is 11.5. The van der Waals surface area contributed by atoms with Crippen LogP contribution in [-0.4, -0.2) is 23.2 Å². The van der Waals surface area contributed by atoms with E-state index in [2.05, 4.69) is 35.9 Å². The molecule has 0 unspecified atom stereocenters. The first-order valence-electron chi connectivity index (χ1n) is 9.28. The molecule has 0 saturated heterocycles. The fourth-order valence-corrected chi connectivity index (χ4v) is 2.79. The number of hydrogen-bond acceptors (Lipinski definition) is 4. The maximum Gasteiger partial charge on any atom is 0.213 e. The summed E-state index contributed by atoms with van der Waals surface area (Å²) in [6.07, 6.45) is 5.61. The molecule has 1 aromatic carbocycles. The maximum absolute atomic E-state index is 5.76. The molecule has 0 N–H and O–H groups in total. The third-order valence-electron chi connectivity index (χ3n) is 4.23. The minimum absolute atomic E-state index is 0.684. The second-order valence-corrected chi connectivity index (χ2v) is 6.26. The lowest BCUT2D eigenvalue weighted by molar-refractivity contribution is 0.296. The summed E-state index contributed by atoms with van der Waals surface area (Å²) in [6.45, 7) is 5.77. The Morgan fingerprint density at radius 3 is 1.68 bits per heavy atom. The van der Waals surface area contributed by atoms with Crippen molar-refractivity contribution in [3.05, 3.63) is 36.4 Å². The van der Waals surface area contributed by atoms with E-state index >= 15 is 0 Å². The third-order valence-corrected chi connectivity index (χ3v) is 4.23. The van der Waals surface area contributed by atoms with Crippen LogP contribution in [0.25, 0.3) is 21.8 Å². The van der Waals surface area contributed by atoms with Crippen molar-refractivity contribution in [2.75, 3.05) is 13.2 Å². The van der Waals surface area contributed by atoms with Crippen LogP contribution >= 0.6 is 0 Å². The van der Waals surface area contributed by atoms with Crippen LogP contribution in [0.3, 0.4) is 0 Å². The van der Waals surface area contributed by atoms with Gasteiger partial charge in [-0.25, -0.2) is 9.97 Å². The highest BCUT2D eigenvalue weighted by molar-refractivity contribution is 6.04. The number of fused-ring (bicyclic) bond motifs is 3. The number of unbranched alkanes of at least 4 members (excludes halogenated alkanes) is 3. The van der Waals surface area contributed by atoms with Gasteiger partial charge >= 0.3 is 0 Å². The predicted molar refractivity (Wildman–Crippen MR) is 102 cm³/mol.